The van der Waals surface area contributed by atoms with Gasteiger partial charge in [-0.1, -0.05) is 85.5 Å². The van der Waals surface area contributed by atoms with Crippen molar-refractivity contribution in [2.75, 3.05) is 0 Å². The molecule has 1 rings (SSSR count). The predicted octanol–water partition coefficient (Wildman–Crippen LogP) is 6.16. The summed E-state index contributed by atoms with van der Waals surface area (Å²) in [4.78, 5) is 0. The molecule has 1 aliphatic rings. The zero-order valence-electron chi connectivity index (χ0n) is 15.2. The minimum Gasteiger partial charge on any atom is -0.327 e. The first-order valence-electron chi connectivity index (χ1n) is 9.94. The van der Waals surface area contributed by atoms with Crippen LogP contribution in [0.2, 0.25) is 0 Å². The molecule has 1 saturated carbocycles. The second-order valence-corrected chi connectivity index (χ2v) is 7.51. The van der Waals surface area contributed by atoms with E-state index in [4.69, 9.17) is 5.73 Å². The van der Waals surface area contributed by atoms with Gasteiger partial charge >= 0.3 is 0 Å². The average molecular weight is 296 g/mol. The molecule has 1 nitrogen and oxygen atoms in total. The molecule has 2 N–H and O–H groups in total. The van der Waals surface area contributed by atoms with E-state index in [1.807, 2.05) is 0 Å². The van der Waals surface area contributed by atoms with Gasteiger partial charge in [-0.25, -0.2) is 0 Å². The van der Waals surface area contributed by atoms with Crippen molar-refractivity contribution >= 4 is 0 Å². The molecule has 1 fully saturated rings. The van der Waals surface area contributed by atoms with Gasteiger partial charge in [-0.2, -0.15) is 0 Å². The first kappa shape index (κ1) is 19.0. The van der Waals surface area contributed by atoms with Crippen molar-refractivity contribution < 1.29 is 0 Å². The predicted molar refractivity (Wildman–Crippen MR) is 95.4 cm³/mol. The standard InChI is InChI=1S/C20H41N/c1-5-10-16(11-6-2)18-14-9-15-19(20(18)21)17(12-7-3)13-8-4/h16-20H,5-15,21H2,1-4H3. The molecule has 0 aromatic heterocycles. The Labute approximate surface area is 134 Å². The Kier molecular flexibility index (Phi) is 9.64. The molecule has 21 heavy (non-hydrogen) atoms. The SMILES string of the molecule is CCCC(CCC)C1CCCC(C(CCC)CCC)C1N. The molecule has 0 radical (unpaired) electrons. The van der Waals surface area contributed by atoms with Gasteiger partial charge in [0.25, 0.3) is 0 Å². The van der Waals surface area contributed by atoms with Crippen LogP contribution in [0.4, 0.5) is 0 Å². The van der Waals surface area contributed by atoms with Gasteiger partial charge in [0.15, 0.2) is 0 Å². The number of nitrogens with two attached hydrogens (primary N) is 1. The summed E-state index contributed by atoms with van der Waals surface area (Å²) in [5.41, 5.74) is 6.85. The van der Waals surface area contributed by atoms with Crippen LogP contribution in [0, 0.1) is 23.7 Å². The summed E-state index contributed by atoms with van der Waals surface area (Å²) >= 11 is 0. The Balaban J connectivity index is 2.74. The summed E-state index contributed by atoms with van der Waals surface area (Å²) < 4.78 is 0. The molecule has 2 unspecified atom stereocenters. The maximum Gasteiger partial charge on any atom is 0.0101 e. The van der Waals surface area contributed by atoms with Crippen LogP contribution in [0.5, 0.6) is 0 Å². The number of hydrogen-bond donors (Lipinski definition) is 1. The van der Waals surface area contributed by atoms with Crippen molar-refractivity contribution in [2.24, 2.45) is 29.4 Å². The average Bonchev–Trinajstić information content (AvgIpc) is 2.47. The summed E-state index contributed by atoms with van der Waals surface area (Å²) in [6, 6.07) is 0.477. The highest BCUT2D eigenvalue weighted by Crippen LogP contribution is 2.42. The topological polar surface area (TPSA) is 26.0 Å². The van der Waals surface area contributed by atoms with Crippen molar-refractivity contribution in [3.8, 4) is 0 Å². The Morgan fingerprint density at radius 1 is 0.714 bits per heavy atom. The molecule has 0 aliphatic heterocycles. The van der Waals surface area contributed by atoms with E-state index < -0.39 is 0 Å². The monoisotopic (exact) mass is 295 g/mol. The molecule has 0 amide bonds. The maximum atomic E-state index is 6.85. The Morgan fingerprint density at radius 2 is 1.05 bits per heavy atom. The summed E-state index contributed by atoms with van der Waals surface area (Å²) in [7, 11) is 0. The van der Waals surface area contributed by atoms with Crippen LogP contribution in [0.1, 0.15) is 98.3 Å². The van der Waals surface area contributed by atoms with Gasteiger partial charge in [-0.15, -0.1) is 0 Å². The number of rotatable bonds is 10. The minimum absolute atomic E-state index is 0.477. The zero-order chi connectivity index (χ0) is 15.7. The van der Waals surface area contributed by atoms with Crippen LogP contribution < -0.4 is 5.73 Å². The molecule has 0 aromatic rings. The second-order valence-electron chi connectivity index (χ2n) is 7.51. The van der Waals surface area contributed by atoms with Crippen LogP contribution in [0.3, 0.4) is 0 Å². The fraction of sp³-hybridized carbons (Fsp3) is 1.00. The van der Waals surface area contributed by atoms with Crippen LogP contribution in [0.15, 0.2) is 0 Å². The van der Waals surface area contributed by atoms with Crippen molar-refractivity contribution in [1.29, 1.82) is 0 Å². The third-order valence-electron chi connectivity index (χ3n) is 5.91. The van der Waals surface area contributed by atoms with Crippen LogP contribution in [-0.2, 0) is 0 Å². The van der Waals surface area contributed by atoms with Crippen LogP contribution in [0.25, 0.3) is 0 Å². The van der Waals surface area contributed by atoms with E-state index in [0.29, 0.717) is 6.04 Å². The molecule has 0 saturated heterocycles. The van der Waals surface area contributed by atoms with Gasteiger partial charge in [0, 0.05) is 6.04 Å². The van der Waals surface area contributed by atoms with Gasteiger partial charge in [0.1, 0.15) is 0 Å². The van der Waals surface area contributed by atoms with Crippen molar-refractivity contribution in [3.05, 3.63) is 0 Å². The molecule has 0 bridgehead atoms. The molecular weight excluding hydrogens is 254 g/mol. The van der Waals surface area contributed by atoms with E-state index in [2.05, 4.69) is 27.7 Å². The summed E-state index contributed by atoms with van der Waals surface area (Å²) in [6.45, 7) is 9.36. The van der Waals surface area contributed by atoms with E-state index in [1.54, 1.807) is 0 Å². The lowest BCUT2D eigenvalue weighted by molar-refractivity contribution is 0.0991. The quantitative estimate of drug-likeness (QED) is 0.513. The van der Waals surface area contributed by atoms with E-state index >= 15 is 0 Å². The fourth-order valence-corrected chi connectivity index (χ4v) is 5.02. The lowest BCUT2D eigenvalue weighted by Crippen LogP contribution is -2.46. The van der Waals surface area contributed by atoms with E-state index in [-0.39, 0.29) is 0 Å². The highest BCUT2D eigenvalue weighted by Gasteiger charge is 2.37. The van der Waals surface area contributed by atoms with Crippen LogP contribution in [-0.4, -0.2) is 6.04 Å². The molecular formula is C20H41N. The first-order valence-corrected chi connectivity index (χ1v) is 9.94. The lowest BCUT2D eigenvalue weighted by atomic mass is 9.64. The molecule has 2 atom stereocenters. The second kappa shape index (κ2) is 10.6. The molecule has 0 heterocycles. The molecule has 0 spiro atoms. The fourth-order valence-electron chi connectivity index (χ4n) is 5.02. The molecule has 1 heteroatoms. The van der Waals surface area contributed by atoms with Crippen molar-refractivity contribution in [1.82, 2.24) is 0 Å². The smallest absolute Gasteiger partial charge is 0.0101 e. The normalized spacial score (nSPS) is 26.7. The number of hydrogen-bond acceptors (Lipinski definition) is 1. The largest absolute Gasteiger partial charge is 0.327 e. The van der Waals surface area contributed by atoms with Gasteiger partial charge in [-0.3, -0.25) is 0 Å². The van der Waals surface area contributed by atoms with E-state index in [9.17, 15) is 0 Å². The van der Waals surface area contributed by atoms with E-state index in [1.165, 1.54) is 70.6 Å². The van der Waals surface area contributed by atoms with Crippen molar-refractivity contribution in [2.45, 2.75) is 104 Å². The minimum atomic E-state index is 0.477. The molecule has 0 aromatic carbocycles. The lowest BCUT2D eigenvalue weighted by Gasteiger charge is -2.43. The van der Waals surface area contributed by atoms with Crippen LogP contribution >= 0.6 is 0 Å². The third kappa shape index (κ3) is 5.58. The first-order chi connectivity index (χ1) is 10.2. The van der Waals surface area contributed by atoms with Gasteiger partial charge in [-0.05, 0) is 36.5 Å². The van der Waals surface area contributed by atoms with Gasteiger partial charge in [0.2, 0.25) is 0 Å². The van der Waals surface area contributed by atoms with E-state index in [0.717, 1.165) is 23.7 Å². The molecule has 1 aliphatic carbocycles. The summed E-state index contributed by atoms with van der Waals surface area (Å²) in [5, 5.41) is 0. The molecule has 126 valence electrons. The highest BCUT2D eigenvalue weighted by molar-refractivity contribution is 4.91. The third-order valence-corrected chi connectivity index (χ3v) is 5.91. The Hall–Kier alpha value is -0.0400. The maximum absolute atomic E-state index is 6.85. The highest BCUT2D eigenvalue weighted by atomic mass is 14.7. The Bertz CT molecular complexity index is 214. The Morgan fingerprint density at radius 3 is 1.33 bits per heavy atom. The summed E-state index contributed by atoms with van der Waals surface area (Å²) in [5.74, 6) is 3.39. The van der Waals surface area contributed by atoms with Gasteiger partial charge in [0.05, 0.1) is 0 Å². The summed E-state index contributed by atoms with van der Waals surface area (Å²) in [6.07, 6.45) is 15.1. The van der Waals surface area contributed by atoms with Crippen molar-refractivity contribution in [3.63, 3.8) is 0 Å². The van der Waals surface area contributed by atoms with Gasteiger partial charge < -0.3 is 5.73 Å². The zero-order valence-corrected chi connectivity index (χ0v) is 15.2.